The van der Waals surface area contributed by atoms with Crippen LogP contribution < -0.4 is 4.90 Å². The number of aromatic nitrogens is 2. The quantitative estimate of drug-likeness (QED) is 0.908. The van der Waals surface area contributed by atoms with E-state index in [0.29, 0.717) is 18.0 Å². The molecule has 1 aliphatic heterocycles. The minimum Gasteiger partial charge on any atom is -0.478 e. The first-order valence-electron chi connectivity index (χ1n) is 7.10. The Kier molecular flexibility index (Phi) is 3.60. The summed E-state index contributed by atoms with van der Waals surface area (Å²) in [7, 11) is 0. The van der Waals surface area contributed by atoms with Crippen LogP contribution in [0.2, 0.25) is 0 Å². The number of hydrogen-bond acceptors (Lipinski definition) is 5. The lowest BCUT2D eigenvalue weighted by Gasteiger charge is -2.16. The molecule has 0 spiro atoms. The van der Waals surface area contributed by atoms with Gasteiger partial charge in [-0.05, 0) is 36.6 Å². The van der Waals surface area contributed by atoms with Gasteiger partial charge < -0.3 is 14.5 Å². The molecule has 0 aliphatic carbocycles. The van der Waals surface area contributed by atoms with Crippen LogP contribution >= 0.6 is 0 Å². The average Bonchev–Trinajstić information content (AvgIpc) is 3.07. The molecule has 0 radical (unpaired) electrons. The van der Waals surface area contributed by atoms with Crippen molar-refractivity contribution in [2.75, 3.05) is 11.4 Å². The van der Waals surface area contributed by atoms with Crippen LogP contribution in [-0.2, 0) is 19.4 Å². The van der Waals surface area contributed by atoms with Crippen molar-refractivity contribution >= 4 is 11.7 Å². The van der Waals surface area contributed by atoms with Crippen molar-refractivity contribution in [3.63, 3.8) is 0 Å². The van der Waals surface area contributed by atoms with Gasteiger partial charge in [-0.2, -0.15) is 4.98 Å². The van der Waals surface area contributed by atoms with E-state index in [1.165, 1.54) is 0 Å². The van der Waals surface area contributed by atoms with E-state index in [0.717, 1.165) is 42.9 Å². The van der Waals surface area contributed by atoms with Gasteiger partial charge >= 0.3 is 5.97 Å². The molecule has 0 unspecified atom stereocenters. The molecule has 1 N–H and O–H groups in total. The molecular formula is C15H17N3O3. The molecule has 1 aromatic heterocycles. The molecule has 3 rings (SSSR count). The number of aromatic carboxylic acids is 1. The molecule has 0 saturated carbocycles. The van der Waals surface area contributed by atoms with Crippen LogP contribution in [0.25, 0.3) is 0 Å². The Morgan fingerprint density at radius 1 is 1.48 bits per heavy atom. The fraction of sp³-hybridized carbons (Fsp3) is 0.400. The zero-order chi connectivity index (χ0) is 14.8. The Balaban J connectivity index is 1.76. The van der Waals surface area contributed by atoms with Crippen LogP contribution in [0.15, 0.2) is 22.7 Å². The lowest BCUT2D eigenvalue weighted by molar-refractivity contribution is 0.0697. The highest BCUT2D eigenvalue weighted by atomic mass is 16.5. The summed E-state index contributed by atoms with van der Waals surface area (Å²) in [5, 5.41) is 13.0. The van der Waals surface area contributed by atoms with Crippen molar-refractivity contribution in [3.8, 4) is 0 Å². The molecule has 2 aromatic rings. The van der Waals surface area contributed by atoms with Crippen LogP contribution in [-0.4, -0.2) is 27.8 Å². The minimum absolute atomic E-state index is 0.332. The Labute approximate surface area is 122 Å². The maximum atomic E-state index is 11.0. The maximum absolute atomic E-state index is 11.0. The zero-order valence-corrected chi connectivity index (χ0v) is 11.9. The number of carboxylic acid groups (broad SMARTS) is 1. The van der Waals surface area contributed by atoms with E-state index in [1.54, 1.807) is 12.1 Å². The number of aryl methyl sites for hydroxylation is 1. The van der Waals surface area contributed by atoms with Gasteiger partial charge in [-0.1, -0.05) is 12.1 Å². The van der Waals surface area contributed by atoms with Gasteiger partial charge in [-0.3, -0.25) is 0 Å². The highest BCUT2D eigenvalue weighted by Crippen LogP contribution is 2.30. The molecule has 0 bridgehead atoms. The summed E-state index contributed by atoms with van der Waals surface area (Å²) in [4.78, 5) is 17.5. The van der Waals surface area contributed by atoms with Gasteiger partial charge in [-0.15, -0.1) is 0 Å². The first-order valence-corrected chi connectivity index (χ1v) is 7.10. The number of nitrogens with zero attached hydrogens (tertiary/aromatic N) is 3. The third kappa shape index (κ3) is 2.74. The fourth-order valence-electron chi connectivity index (χ4n) is 2.61. The number of fused-ring (bicyclic) bond motifs is 1. The molecular weight excluding hydrogens is 270 g/mol. The van der Waals surface area contributed by atoms with E-state index in [-0.39, 0.29) is 0 Å². The van der Waals surface area contributed by atoms with E-state index >= 15 is 0 Å². The van der Waals surface area contributed by atoms with Crippen molar-refractivity contribution < 1.29 is 14.4 Å². The van der Waals surface area contributed by atoms with Gasteiger partial charge in [0.15, 0.2) is 5.82 Å². The van der Waals surface area contributed by atoms with Gasteiger partial charge in [0.2, 0.25) is 5.89 Å². The summed E-state index contributed by atoms with van der Waals surface area (Å²) in [5.41, 5.74) is 2.44. The second-order valence-electron chi connectivity index (χ2n) is 5.17. The number of benzene rings is 1. The van der Waals surface area contributed by atoms with Crippen LogP contribution in [0, 0.1) is 0 Å². The van der Waals surface area contributed by atoms with Crippen LogP contribution in [0.3, 0.4) is 0 Å². The molecule has 21 heavy (non-hydrogen) atoms. The summed E-state index contributed by atoms with van der Waals surface area (Å²) >= 11 is 0. The maximum Gasteiger partial charge on any atom is 0.335 e. The zero-order valence-electron chi connectivity index (χ0n) is 11.9. The first kappa shape index (κ1) is 13.6. The number of carboxylic acids is 1. The normalized spacial score (nSPS) is 13.5. The van der Waals surface area contributed by atoms with Crippen molar-refractivity contribution in [1.29, 1.82) is 0 Å². The van der Waals surface area contributed by atoms with E-state index in [2.05, 4.69) is 22.0 Å². The van der Waals surface area contributed by atoms with Gasteiger partial charge in [0.25, 0.3) is 0 Å². The second-order valence-corrected chi connectivity index (χ2v) is 5.17. The van der Waals surface area contributed by atoms with Crippen molar-refractivity contribution in [3.05, 3.63) is 41.0 Å². The average molecular weight is 287 g/mol. The Morgan fingerprint density at radius 3 is 3.10 bits per heavy atom. The molecule has 0 saturated heterocycles. The standard InChI is InChI=1S/C15H17N3O3/c1-2-3-13-16-14(21-17-13)9-18-7-6-10-8-11(15(19)20)4-5-12(10)18/h4-5,8H,2-3,6-7,9H2,1H3,(H,19,20). The van der Waals surface area contributed by atoms with Crippen molar-refractivity contribution in [2.24, 2.45) is 0 Å². The van der Waals surface area contributed by atoms with Crippen molar-refractivity contribution in [1.82, 2.24) is 10.1 Å². The molecule has 1 aromatic carbocycles. The highest BCUT2D eigenvalue weighted by molar-refractivity contribution is 5.88. The van der Waals surface area contributed by atoms with Crippen LogP contribution in [0.1, 0.15) is 41.0 Å². The van der Waals surface area contributed by atoms with Gasteiger partial charge in [0.1, 0.15) is 0 Å². The molecule has 0 amide bonds. The Bertz CT molecular complexity index is 666. The summed E-state index contributed by atoms with van der Waals surface area (Å²) in [5.74, 6) is 0.458. The lowest BCUT2D eigenvalue weighted by atomic mass is 10.1. The number of anilines is 1. The molecule has 0 atom stereocenters. The topological polar surface area (TPSA) is 79.5 Å². The largest absolute Gasteiger partial charge is 0.478 e. The summed E-state index contributed by atoms with van der Waals surface area (Å²) in [6, 6.07) is 5.24. The first-order chi connectivity index (χ1) is 10.2. The molecule has 1 aliphatic rings. The molecule has 6 nitrogen and oxygen atoms in total. The predicted octanol–water partition coefficient (Wildman–Crippen LogP) is 2.28. The number of hydrogen-bond donors (Lipinski definition) is 1. The Morgan fingerprint density at radius 2 is 2.33 bits per heavy atom. The van der Waals surface area contributed by atoms with Gasteiger partial charge in [0, 0.05) is 18.7 Å². The van der Waals surface area contributed by atoms with Crippen LogP contribution in [0.4, 0.5) is 5.69 Å². The SMILES string of the molecule is CCCc1noc(CN2CCc3cc(C(=O)O)ccc32)n1. The van der Waals surface area contributed by atoms with E-state index in [1.807, 2.05) is 6.07 Å². The fourth-order valence-corrected chi connectivity index (χ4v) is 2.61. The predicted molar refractivity (Wildman–Crippen MR) is 76.4 cm³/mol. The second kappa shape index (κ2) is 5.55. The monoisotopic (exact) mass is 287 g/mol. The van der Waals surface area contributed by atoms with E-state index in [9.17, 15) is 4.79 Å². The number of carbonyl (C=O) groups is 1. The summed E-state index contributed by atoms with van der Waals surface area (Å²) in [6.45, 7) is 3.48. The van der Waals surface area contributed by atoms with Crippen molar-refractivity contribution in [2.45, 2.75) is 32.7 Å². The third-order valence-electron chi connectivity index (χ3n) is 3.63. The van der Waals surface area contributed by atoms with Gasteiger partial charge in [0.05, 0.1) is 12.1 Å². The molecule has 0 fully saturated rings. The minimum atomic E-state index is -0.891. The highest BCUT2D eigenvalue weighted by Gasteiger charge is 2.22. The molecule has 6 heteroatoms. The van der Waals surface area contributed by atoms with Crippen LogP contribution in [0.5, 0.6) is 0 Å². The van der Waals surface area contributed by atoms with E-state index in [4.69, 9.17) is 9.63 Å². The third-order valence-corrected chi connectivity index (χ3v) is 3.63. The summed E-state index contributed by atoms with van der Waals surface area (Å²) in [6.07, 6.45) is 2.65. The Hall–Kier alpha value is -2.37. The molecule has 110 valence electrons. The smallest absolute Gasteiger partial charge is 0.335 e. The molecule has 2 heterocycles. The van der Waals surface area contributed by atoms with E-state index < -0.39 is 5.97 Å². The van der Waals surface area contributed by atoms with Gasteiger partial charge in [-0.25, -0.2) is 4.79 Å². The lowest BCUT2D eigenvalue weighted by Crippen LogP contribution is -2.19. The summed E-state index contributed by atoms with van der Waals surface area (Å²) < 4.78 is 5.26. The number of rotatable bonds is 5.